The van der Waals surface area contributed by atoms with E-state index in [0.29, 0.717) is 33.7 Å². The Balaban J connectivity index is 1.92. The Bertz CT molecular complexity index is 1150. The summed E-state index contributed by atoms with van der Waals surface area (Å²) in [6.45, 7) is 4.72. The number of allylic oxidation sites excluding steroid dienone is 1. The fourth-order valence-electron chi connectivity index (χ4n) is 2.94. The second kappa shape index (κ2) is 10.9. The molecule has 0 saturated heterocycles. The van der Waals surface area contributed by atoms with Crippen LogP contribution in [0.5, 0.6) is 11.5 Å². The van der Waals surface area contributed by atoms with Gasteiger partial charge in [-0.2, -0.15) is 5.26 Å². The summed E-state index contributed by atoms with van der Waals surface area (Å²) in [6.07, 6.45) is 1.86. The highest BCUT2D eigenvalue weighted by Crippen LogP contribution is 2.36. The highest BCUT2D eigenvalue weighted by atomic mass is 127. The number of hydrogen-bond acceptors (Lipinski definition) is 3. The maximum absolute atomic E-state index is 9.66. The van der Waals surface area contributed by atoms with E-state index in [1.807, 2.05) is 62.4 Å². The van der Waals surface area contributed by atoms with Crippen LogP contribution in [-0.4, -0.2) is 6.61 Å². The summed E-state index contributed by atoms with van der Waals surface area (Å²) in [6, 6.07) is 19.3. The van der Waals surface area contributed by atoms with E-state index in [0.717, 1.165) is 25.8 Å². The van der Waals surface area contributed by atoms with Gasteiger partial charge in [0.05, 0.1) is 21.8 Å². The van der Waals surface area contributed by atoms with Gasteiger partial charge >= 0.3 is 0 Å². The van der Waals surface area contributed by atoms with Crippen LogP contribution in [0.25, 0.3) is 11.6 Å². The molecule has 0 aliphatic carbocycles. The lowest BCUT2D eigenvalue weighted by atomic mass is 10.0. The quantitative estimate of drug-likeness (QED) is 0.166. The lowest BCUT2D eigenvalue weighted by Crippen LogP contribution is -2.02. The normalized spacial score (nSPS) is 11.2. The first-order valence-electron chi connectivity index (χ1n) is 9.63. The summed E-state index contributed by atoms with van der Waals surface area (Å²) in [5.74, 6) is 1.26. The van der Waals surface area contributed by atoms with Gasteiger partial charge in [-0.25, -0.2) is 0 Å². The zero-order valence-corrected chi connectivity index (χ0v) is 20.8. The van der Waals surface area contributed by atoms with Crippen LogP contribution in [0.15, 0.2) is 54.6 Å². The van der Waals surface area contributed by atoms with Crippen LogP contribution in [-0.2, 0) is 6.61 Å². The molecule has 0 aromatic heterocycles. The third-order valence-electron chi connectivity index (χ3n) is 4.51. The van der Waals surface area contributed by atoms with Crippen LogP contribution in [0, 0.1) is 21.8 Å². The highest BCUT2D eigenvalue weighted by Gasteiger charge is 2.14. The van der Waals surface area contributed by atoms with Crippen LogP contribution in [0.2, 0.25) is 10.0 Å². The van der Waals surface area contributed by atoms with Crippen molar-refractivity contribution in [3.05, 3.63) is 90.5 Å². The van der Waals surface area contributed by atoms with E-state index in [1.54, 1.807) is 12.1 Å². The molecule has 3 rings (SSSR count). The van der Waals surface area contributed by atoms with Crippen molar-refractivity contribution >= 4 is 57.4 Å². The van der Waals surface area contributed by atoms with E-state index in [1.165, 1.54) is 0 Å². The van der Waals surface area contributed by atoms with Gasteiger partial charge in [0.25, 0.3) is 0 Å². The van der Waals surface area contributed by atoms with Gasteiger partial charge in [-0.05, 0) is 77.9 Å². The molecule has 31 heavy (non-hydrogen) atoms. The zero-order chi connectivity index (χ0) is 22.4. The molecule has 3 aromatic carbocycles. The number of benzene rings is 3. The molecule has 6 heteroatoms. The number of rotatable bonds is 7. The van der Waals surface area contributed by atoms with Crippen molar-refractivity contribution in [2.45, 2.75) is 20.5 Å². The number of ether oxygens (including phenoxy) is 2. The SMILES string of the molecule is CCOc1cc(/C=C(/C#N)c2ccc(C)cc2)cc(I)c1OCc1ccc(Cl)cc1Cl. The summed E-state index contributed by atoms with van der Waals surface area (Å²) < 4.78 is 12.8. The molecule has 0 aliphatic rings. The first-order valence-corrected chi connectivity index (χ1v) is 11.5. The largest absolute Gasteiger partial charge is 0.490 e. The lowest BCUT2D eigenvalue weighted by Gasteiger charge is -2.15. The van der Waals surface area contributed by atoms with Gasteiger partial charge in [0.1, 0.15) is 6.61 Å². The Hall–Kier alpha value is -2.20. The number of aryl methyl sites for hydroxylation is 1. The third-order valence-corrected chi connectivity index (χ3v) is 5.90. The van der Waals surface area contributed by atoms with Crippen molar-refractivity contribution in [3.8, 4) is 17.6 Å². The van der Waals surface area contributed by atoms with Gasteiger partial charge in [0.15, 0.2) is 11.5 Å². The van der Waals surface area contributed by atoms with Gasteiger partial charge in [-0.3, -0.25) is 0 Å². The molecule has 0 atom stereocenters. The summed E-state index contributed by atoms with van der Waals surface area (Å²) in [4.78, 5) is 0. The average molecular weight is 564 g/mol. The fraction of sp³-hybridized carbons (Fsp3) is 0.160. The van der Waals surface area contributed by atoms with Crippen LogP contribution >= 0.6 is 45.8 Å². The van der Waals surface area contributed by atoms with Crippen molar-refractivity contribution in [1.82, 2.24) is 0 Å². The molecule has 0 heterocycles. The fourth-order valence-corrected chi connectivity index (χ4v) is 4.19. The summed E-state index contributed by atoms with van der Waals surface area (Å²) in [5, 5.41) is 10.8. The van der Waals surface area contributed by atoms with Crippen molar-refractivity contribution in [3.63, 3.8) is 0 Å². The molecule has 0 fully saturated rings. The second-order valence-electron chi connectivity index (χ2n) is 6.82. The van der Waals surface area contributed by atoms with E-state index >= 15 is 0 Å². The van der Waals surface area contributed by atoms with Gasteiger partial charge in [-0.1, -0.05) is 59.1 Å². The zero-order valence-electron chi connectivity index (χ0n) is 17.1. The van der Waals surface area contributed by atoms with E-state index in [4.69, 9.17) is 32.7 Å². The third kappa shape index (κ3) is 6.16. The monoisotopic (exact) mass is 563 g/mol. The Morgan fingerprint density at radius 3 is 2.45 bits per heavy atom. The topological polar surface area (TPSA) is 42.2 Å². The Morgan fingerprint density at radius 2 is 1.81 bits per heavy atom. The van der Waals surface area contributed by atoms with Crippen molar-refractivity contribution in [1.29, 1.82) is 5.26 Å². The maximum atomic E-state index is 9.66. The first-order chi connectivity index (χ1) is 14.9. The summed E-state index contributed by atoms with van der Waals surface area (Å²) in [5.41, 5.74) is 4.30. The van der Waals surface area contributed by atoms with E-state index in [2.05, 4.69) is 28.7 Å². The lowest BCUT2D eigenvalue weighted by molar-refractivity contribution is 0.267. The number of halogens is 3. The second-order valence-corrected chi connectivity index (χ2v) is 8.83. The van der Waals surface area contributed by atoms with Gasteiger partial charge in [0, 0.05) is 15.6 Å². The van der Waals surface area contributed by atoms with E-state index < -0.39 is 0 Å². The van der Waals surface area contributed by atoms with Crippen molar-refractivity contribution in [2.75, 3.05) is 6.61 Å². The molecular formula is C25H20Cl2INO2. The summed E-state index contributed by atoms with van der Waals surface area (Å²) >= 11 is 14.5. The Labute approximate surface area is 206 Å². The average Bonchev–Trinajstić information content (AvgIpc) is 2.73. The Kier molecular flexibility index (Phi) is 8.25. The molecule has 0 unspecified atom stereocenters. The predicted octanol–water partition coefficient (Wildman–Crippen LogP) is 7.95. The van der Waals surface area contributed by atoms with Gasteiger partial charge < -0.3 is 9.47 Å². The van der Waals surface area contributed by atoms with Crippen LogP contribution < -0.4 is 9.47 Å². The molecule has 0 saturated carbocycles. The minimum Gasteiger partial charge on any atom is -0.490 e. The van der Waals surface area contributed by atoms with Gasteiger partial charge in [0.2, 0.25) is 0 Å². The van der Waals surface area contributed by atoms with Crippen molar-refractivity contribution in [2.24, 2.45) is 0 Å². The standard InChI is InChI=1S/C25H20Cl2INO2/c1-3-30-24-12-17(10-20(14-29)18-6-4-16(2)5-7-18)11-23(28)25(24)31-15-19-8-9-21(26)13-22(19)27/h4-13H,3,15H2,1-2H3/b20-10-. The number of nitrogens with zero attached hydrogens (tertiary/aromatic N) is 1. The Morgan fingerprint density at radius 1 is 1.06 bits per heavy atom. The minimum atomic E-state index is 0.286. The molecule has 158 valence electrons. The summed E-state index contributed by atoms with van der Waals surface area (Å²) in [7, 11) is 0. The molecule has 3 aromatic rings. The van der Waals surface area contributed by atoms with Crippen LogP contribution in [0.1, 0.15) is 29.2 Å². The molecule has 0 spiro atoms. The smallest absolute Gasteiger partial charge is 0.175 e. The molecule has 0 amide bonds. The molecule has 0 bridgehead atoms. The van der Waals surface area contributed by atoms with Crippen LogP contribution in [0.4, 0.5) is 0 Å². The first kappa shape index (κ1) is 23.5. The molecule has 0 radical (unpaired) electrons. The van der Waals surface area contributed by atoms with Gasteiger partial charge in [-0.15, -0.1) is 0 Å². The molecule has 3 nitrogen and oxygen atoms in total. The number of nitriles is 1. The highest BCUT2D eigenvalue weighted by molar-refractivity contribution is 14.1. The molecule has 0 N–H and O–H groups in total. The van der Waals surface area contributed by atoms with E-state index in [9.17, 15) is 5.26 Å². The van der Waals surface area contributed by atoms with Crippen molar-refractivity contribution < 1.29 is 9.47 Å². The van der Waals surface area contributed by atoms with Crippen LogP contribution in [0.3, 0.4) is 0 Å². The maximum Gasteiger partial charge on any atom is 0.175 e. The molecule has 0 aliphatic heterocycles. The molecular weight excluding hydrogens is 544 g/mol. The number of hydrogen-bond donors (Lipinski definition) is 0. The minimum absolute atomic E-state index is 0.286. The predicted molar refractivity (Wildman–Crippen MR) is 136 cm³/mol. The van der Waals surface area contributed by atoms with E-state index in [-0.39, 0.29) is 6.61 Å².